The van der Waals surface area contributed by atoms with Gasteiger partial charge in [0, 0.05) is 13.2 Å². The number of H-pyrrole nitrogens is 1. The van der Waals surface area contributed by atoms with E-state index in [0.717, 1.165) is 37.2 Å². The minimum atomic E-state index is 0.333. The highest BCUT2D eigenvalue weighted by molar-refractivity contribution is 7.71. The molecular formula is C13H18N4O2S. The molecule has 1 fully saturated rings. The number of aryl methyl sites for hydroxylation is 1. The first-order chi connectivity index (χ1) is 9.79. The van der Waals surface area contributed by atoms with Crippen molar-refractivity contribution in [2.75, 3.05) is 13.7 Å². The van der Waals surface area contributed by atoms with Crippen LogP contribution in [0, 0.1) is 4.77 Å². The number of fused-ring (bicyclic) bond motifs is 1. The van der Waals surface area contributed by atoms with E-state index in [0.29, 0.717) is 16.8 Å². The second kappa shape index (κ2) is 5.88. The zero-order chi connectivity index (χ0) is 13.9. The molecule has 0 spiro atoms. The van der Waals surface area contributed by atoms with Gasteiger partial charge in [0.1, 0.15) is 11.8 Å². The number of nitrogens with one attached hydrogen (secondary N) is 1. The van der Waals surface area contributed by atoms with Crippen LogP contribution in [0.2, 0.25) is 0 Å². The van der Waals surface area contributed by atoms with E-state index in [1.807, 2.05) is 4.57 Å². The fourth-order valence-electron chi connectivity index (χ4n) is 2.62. The smallest absolute Gasteiger partial charge is 0.242 e. The predicted molar refractivity (Wildman–Crippen MR) is 77.5 cm³/mol. The third-order valence-corrected chi connectivity index (χ3v) is 3.99. The van der Waals surface area contributed by atoms with Crippen LogP contribution in [-0.4, -0.2) is 39.3 Å². The van der Waals surface area contributed by atoms with Crippen molar-refractivity contribution in [1.82, 2.24) is 19.5 Å². The van der Waals surface area contributed by atoms with Gasteiger partial charge in [-0.25, -0.2) is 4.98 Å². The number of methoxy groups -OCH3 is 1. The summed E-state index contributed by atoms with van der Waals surface area (Å²) >= 11 is 5.37. The number of nitrogens with zero attached hydrogens (tertiary/aromatic N) is 3. The largest absolute Gasteiger partial charge is 0.479 e. The summed E-state index contributed by atoms with van der Waals surface area (Å²) in [5.41, 5.74) is 1.54. The molecule has 0 saturated carbocycles. The van der Waals surface area contributed by atoms with Crippen molar-refractivity contribution in [1.29, 1.82) is 0 Å². The van der Waals surface area contributed by atoms with Crippen LogP contribution in [0.15, 0.2) is 6.33 Å². The maximum atomic E-state index is 5.76. The standard InChI is InChI=1S/C13H18N4O2S/c1-18-12-10-11(14-8-15-12)17(13(20)16-10)6-5-9-4-2-3-7-19-9/h8-9H,2-7H2,1H3,(H,16,20). The van der Waals surface area contributed by atoms with Crippen LogP contribution >= 0.6 is 12.2 Å². The fraction of sp³-hybridized carbons (Fsp3) is 0.615. The van der Waals surface area contributed by atoms with Gasteiger partial charge in [-0.15, -0.1) is 0 Å². The second-order valence-electron chi connectivity index (χ2n) is 4.94. The number of aromatic nitrogens is 4. The molecule has 1 N–H and O–H groups in total. The molecule has 1 atom stereocenters. The molecule has 0 bridgehead atoms. The lowest BCUT2D eigenvalue weighted by atomic mass is 10.1. The van der Waals surface area contributed by atoms with E-state index in [1.54, 1.807) is 7.11 Å². The number of aromatic amines is 1. The molecule has 2 aromatic rings. The lowest BCUT2D eigenvalue weighted by Crippen LogP contribution is -2.20. The Bertz CT molecular complexity index is 645. The molecule has 1 unspecified atom stereocenters. The van der Waals surface area contributed by atoms with Crippen LogP contribution in [-0.2, 0) is 11.3 Å². The number of hydrogen-bond acceptors (Lipinski definition) is 5. The van der Waals surface area contributed by atoms with Gasteiger partial charge < -0.3 is 19.0 Å². The van der Waals surface area contributed by atoms with E-state index in [4.69, 9.17) is 21.7 Å². The Morgan fingerprint density at radius 3 is 3.15 bits per heavy atom. The molecule has 3 heterocycles. The Hall–Kier alpha value is -1.47. The third kappa shape index (κ3) is 2.55. The molecule has 0 aromatic carbocycles. The molecular weight excluding hydrogens is 276 g/mol. The van der Waals surface area contributed by atoms with Crippen molar-refractivity contribution in [3.8, 4) is 5.88 Å². The Morgan fingerprint density at radius 1 is 1.50 bits per heavy atom. The maximum absolute atomic E-state index is 5.76. The Kier molecular flexibility index (Phi) is 3.98. The molecule has 1 aliphatic heterocycles. The van der Waals surface area contributed by atoms with Gasteiger partial charge in [0.2, 0.25) is 5.88 Å². The topological polar surface area (TPSA) is 65.0 Å². The molecule has 1 aliphatic rings. The van der Waals surface area contributed by atoms with Crippen LogP contribution < -0.4 is 4.74 Å². The fourth-order valence-corrected chi connectivity index (χ4v) is 2.90. The second-order valence-corrected chi connectivity index (χ2v) is 5.33. The number of hydrogen-bond donors (Lipinski definition) is 1. The predicted octanol–water partition coefficient (Wildman–Crippen LogP) is 2.46. The summed E-state index contributed by atoms with van der Waals surface area (Å²) in [5, 5.41) is 0. The van der Waals surface area contributed by atoms with Crippen molar-refractivity contribution >= 4 is 23.4 Å². The first-order valence-corrected chi connectivity index (χ1v) is 7.29. The molecule has 20 heavy (non-hydrogen) atoms. The zero-order valence-corrected chi connectivity index (χ0v) is 12.3. The van der Waals surface area contributed by atoms with Crippen molar-refractivity contribution in [3.63, 3.8) is 0 Å². The van der Waals surface area contributed by atoms with Gasteiger partial charge in [-0.2, -0.15) is 4.98 Å². The van der Waals surface area contributed by atoms with E-state index in [9.17, 15) is 0 Å². The molecule has 0 aliphatic carbocycles. The minimum Gasteiger partial charge on any atom is -0.479 e. The summed E-state index contributed by atoms with van der Waals surface area (Å²) in [6.07, 6.45) is 6.34. The summed E-state index contributed by atoms with van der Waals surface area (Å²) in [6, 6.07) is 0. The lowest BCUT2D eigenvalue weighted by Gasteiger charge is -2.22. The van der Waals surface area contributed by atoms with E-state index in [2.05, 4.69) is 15.0 Å². The Balaban J connectivity index is 1.84. The first-order valence-electron chi connectivity index (χ1n) is 6.88. The van der Waals surface area contributed by atoms with Crippen LogP contribution in [0.3, 0.4) is 0 Å². The van der Waals surface area contributed by atoms with Gasteiger partial charge >= 0.3 is 0 Å². The maximum Gasteiger partial charge on any atom is 0.242 e. The molecule has 6 nitrogen and oxygen atoms in total. The van der Waals surface area contributed by atoms with Crippen LogP contribution in [0.25, 0.3) is 11.2 Å². The highest BCUT2D eigenvalue weighted by Crippen LogP contribution is 2.22. The number of ether oxygens (including phenoxy) is 2. The zero-order valence-electron chi connectivity index (χ0n) is 11.5. The SMILES string of the molecule is COc1ncnc2c1[nH]c(=S)n2CCC1CCCCO1. The molecule has 108 valence electrons. The summed E-state index contributed by atoms with van der Waals surface area (Å²) in [4.78, 5) is 11.5. The van der Waals surface area contributed by atoms with Gasteiger partial charge in [-0.05, 0) is 37.9 Å². The van der Waals surface area contributed by atoms with Crippen molar-refractivity contribution in [3.05, 3.63) is 11.1 Å². The first kappa shape index (κ1) is 13.5. The van der Waals surface area contributed by atoms with Gasteiger partial charge in [-0.1, -0.05) is 0 Å². The lowest BCUT2D eigenvalue weighted by molar-refractivity contribution is 0.00890. The normalized spacial score (nSPS) is 19.4. The Labute approximate surface area is 122 Å². The molecule has 7 heteroatoms. The van der Waals surface area contributed by atoms with Crippen molar-refractivity contribution in [2.24, 2.45) is 0 Å². The highest BCUT2D eigenvalue weighted by Gasteiger charge is 2.16. The molecule has 1 saturated heterocycles. The average Bonchev–Trinajstić information content (AvgIpc) is 2.81. The van der Waals surface area contributed by atoms with Crippen LogP contribution in [0.4, 0.5) is 0 Å². The summed E-state index contributed by atoms with van der Waals surface area (Å²) < 4.78 is 13.6. The quantitative estimate of drug-likeness (QED) is 0.878. The van der Waals surface area contributed by atoms with Crippen LogP contribution in [0.1, 0.15) is 25.7 Å². The van der Waals surface area contributed by atoms with E-state index >= 15 is 0 Å². The van der Waals surface area contributed by atoms with Gasteiger partial charge in [0.15, 0.2) is 10.4 Å². The Morgan fingerprint density at radius 2 is 2.40 bits per heavy atom. The third-order valence-electron chi connectivity index (χ3n) is 3.67. The van der Waals surface area contributed by atoms with Crippen LogP contribution in [0.5, 0.6) is 5.88 Å². The van der Waals surface area contributed by atoms with Gasteiger partial charge in [0.25, 0.3) is 0 Å². The van der Waals surface area contributed by atoms with E-state index < -0.39 is 0 Å². The molecule has 3 rings (SSSR count). The number of rotatable bonds is 4. The average molecular weight is 294 g/mol. The van der Waals surface area contributed by atoms with Gasteiger partial charge in [-0.3, -0.25) is 0 Å². The van der Waals surface area contributed by atoms with Crippen molar-refractivity contribution < 1.29 is 9.47 Å². The van der Waals surface area contributed by atoms with E-state index in [1.165, 1.54) is 19.2 Å². The van der Waals surface area contributed by atoms with E-state index in [-0.39, 0.29) is 0 Å². The summed E-state index contributed by atoms with van der Waals surface area (Å²) in [5.74, 6) is 0.522. The highest BCUT2D eigenvalue weighted by atomic mass is 32.1. The summed E-state index contributed by atoms with van der Waals surface area (Å²) in [6.45, 7) is 1.67. The molecule has 2 aromatic heterocycles. The minimum absolute atomic E-state index is 0.333. The monoisotopic (exact) mass is 294 g/mol. The van der Waals surface area contributed by atoms with Gasteiger partial charge in [0.05, 0.1) is 13.2 Å². The summed E-state index contributed by atoms with van der Waals surface area (Å²) in [7, 11) is 1.59. The molecule has 0 amide bonds. The van der Waals surface area contributed by atoms with Crippen molar-refractivity contribution in [2.45, 2.75) is 38.3 Å². The number of imidazole rings is 1. The molecule has 0 radical (unpaired) electrons.